The number of benzene rings is 1. The van der Waals surface area contributed by atoms with Crippen molar-refractivity contribution < 1.29 is 9.47 Å². The highest BCUT2D eigenvalue weighted by Crippen LogP contribution is 2.33. The van der Waals surface area contributed by atoms with Gasteiger partial charge in [-0.1, -0.05) is 18.2 Å². The number of nitrogen functional groups attached to an aromatic ring is 1. The van der Waals surface area contributed by atoms with Gasteiger partial charge in [-0.25, -0.2) is 0 Å². The summed E-state index contributed by atoms with van der Waals surface area (Å²) in [6.45, 7) is 2.94. The van der Waals surface area contributed by atoms with E-state index in [0.29, 0.717) is 0 Å². The van der Waals surface area contributed by atoms with E-state index < -0.39 is 0 Å². The topological polar surface area (TPSA) is 47.7 Å². The zero-order valence-electron chi connectivity index (χ0n) is 13.8. The summed E-state index contributed by atoms with van der Waals surface area (Å²) in [5.74, 6) is 1.76. The molecule has 0 unspecified atom stereocenters. The molecule has 4 heteroatoms. The fourth-order valence-corrected chi connectivity index (χ4v) is 3.12. The molecule has 1 aliphatic carbocycles. The van der Waals surface area contributed by atoms with E-state index in [1.54, 1.807) is 14.2 Å². The average Bonchev–Trinajstić information content (AvgIpc) is 2.77. The van der Waals surface area contributed by atoms with Crippen LogP contribution in [-0.2, 0) is 16.0 Å². The molecule has 3 rings (SSSR count). The summed E-state index contributed by atoms with van der Waals surface area (Å²) in [4.78, 5) is 2.45. The van der Waals surface area contributed by atoms with E-state index in [1.165, 1.54) is 16.7 Å². The van der Waals surface area contributed by atoms with Gasteiger partial charge in [-0.2, -0.15) is 0 Å². The van der Waals surface area contributed by atoms with Crippen molar-refractivity contribution in [3.05, 3.63) is 64.6 Å². The van der Waals surface area contributed by atoms with Crippen molar-refractivity contribution in [2.75, 3.05) is 33.0 Å². The second-order valence-corrected chi connectivity index (χ2v) is 6.00. The molecule has 0 bridgehead atoms. The van der Waals surface area contributed by atoms with Crippen molar-refractivity contribution in [2.24, 2.45) is 0 Å². The van der Waals surface area contributed by atoms with Gasteiger partial charge in [0.2, 0.25) is 0 Å². The molecule has 122 valence electrons. The Morgan fingerprint density at radius 3 is 2.57 bits per heavy atom. The first-order chi connectivity index (χ1) is 11.2. The van der Waals surface area contributed by atoms with Crippen molar-refractivity contribution in [1.82, 2.24) is 4.90 Å². The van der Waals surface area contributed by atoms with Gasteiger partial charge in [0.15, 0.2) is 5.76 Å². The lowest BCUT2D eigenvalue weighted by atomic mass is 9.94. The Hall–Kier alpha value is -2.20. The highest BCUT2D eigenvalue weighted by atomic mass is 16.5. The number of methoxy groups -OCH3 is 2. The maximum Gasteiger partial charge on any atom is 0.157 e. The molecule has 1 heterocycles. The molecule has 0 aromatic heterocycles. The lowest BCUT2D eigenvalue weighted by molar-refractivity contribution is 0.223. The molecule has 0 spiro atoms. The number of hydrogen-bond donors (Lipinski definition) is 1. The van der Waals surface area contributed by atoms with Crippen LogP contribution < -0.4 is 5.73 Å². The monoisotopic (exact) mass is 312 g/mol. The quantitative estimate of drug-likeness (QED) is 0.867. The van der Waals surface area contributed by atoms with E-state index in [4.69, 9.17) is 15.2 Å². The van der Waals surface area contributed by atoms with E-state index in [2.05, 4.69) is 29.2 Å². The van der Waals surface area contributed by atoms with Gasteiger partial charge in [0.05, 0.1) is 14.2 Å². The van der Waals surface area contributed by atoms with E-state index in [0.717, 1.165) is 49.7 Å². The minimum absolute atomic E-state index is 0.813. The van der Waals surface area contributed by atoms with E-state index in [-0.39, 0.29) is 0 Å². The summed E-state index contributed by atoms with van der Waals surface area (Å²) in [6.07, 6.45) is 6.30. The van der Waals surface area contributed by atoms with Crippen LogP contribution in [0.25, 0.3) is 0 Å². The third-order valence-corrected chi connectivity index (χ3v) is 4.49. The Morgan fingerprint density at radius 1 is 1.09 bits per heavy atom. The smallest absolute Gasteiger partial charge is 0.157 e. The molecule has 0 fully saturated rings. The van der Waals surface area contributed by atoms with Crippen LogP contribution in [0.3, 0.4) is 0 Å². The molecule has 2 aliphatic rings. The van der Waals surface area contributed by atoms with Crippen LogP contribution in [0.4, 0.5) is 5.69 Å². The Morgan fingerprint density at radius 2 is 1.87 bits per heavy atom. The van der Waals surface area contributed by atoms with Crippen LogP contribution in [0.5, 0.6) is 0 Å². The van der Waals surface area contributed by atoms with Crippen LogP contribution >= 0.6 is 0 Å². The molecular formula is C19H24N2O2. The molecule has 0 atom stereocenters. The van der Waals surface area contributed by atoms with Crippen LogP contribution in [0.2, 0.25) is 0 Å². The molecule has 23 heavy (non-hydrogen) atoms. The number of anilines is 1. The molecule has 0 radical (unpaired) electrons. The van der Waals surface area contributed by atoms with Gasteiger partial charge in [0, 0.05) is 31.7 Å². The van der Waals surface area contributed by atoms with E-state index in [1.807, 2.05) is 12.1 Å². The molecule has 2 N–H and O–H groups in total. The molecule has 1 aromatic rings. The van der Waals surface area contributed by atoms with Crippen molar-refractivity contribution >= 4 is 5.69 Å². The van der Waals surface area contributed by atoms with Gasteiger partial charge < -0.3 is 15.2 Å². The second kappa shape index (κ2) is 6.92. The summed E-state index contributed by atoms with van der Waals surface area (Å²) in [5.41, 5.74) is 10.6. The number of allylic oxidation sites excluding steroid dienone is 2. The summed E-state index contributed by atoms with van der Waals surface area (Å²) in [7, 11) is 3.40. The van der Waals surface area contributed by atoms with Gasteiger partial charge in [-0.05, 0) is 41.3 Å². The zero-order chi connectivity index (χ0) is 16.2. The fraction of sp³-hybridized carbons (Fsp3) is 0.368. The van der Waals surface area contributed by atoms with Crippen molar-refractivity contribution in [2.45, 2.75) is 19.4 Å². The van der Waals surface area contributed by atoms with Gasteiger partial charge >= 0.3 is 0 Å². The number of hydrogen-bond acceptors (Lipinski definition) is 4. The van der Waals surface area contributed by atoms with Crippen LogP contribution in [0, 0.1) is 0 Å². The highest BCUT2D eigenvalue weighted by Gasteiger charge is 2.22. The Balaban J connectivity index is 1.71. The Labute approximate surface area is 137 Å². The molecule has 1 aliphatic heterocycles. The van der Waals surface area contributed by atoms with Crippen molar-refractivity contribution in [3.63, 3.8) is 0 Å². The van der Waals surface area contributed by atoms with Gasteiger partial charge in [-0.3, -0.25) is 4.90 Å². The zero-order valence-corrected chi connectivity index (χ0v) is 13.8. The van der Waals surface area contributed by atoms with Crippen LogP contribution in [0.1, 0.15) is 18.4 Å². The molecule has 0 saturated heterocycles. The molecular weight excluding hydrogens is 288 g/mol. The average molecular weight is 312 g/mol. The first-order valence-corrected chi connectivity index (χ1v) is 7.97. The van der Waals surface area contributed by atoms with Crippen LogP contribution in [-0.4, -0.2) is 32.2 Å². The summed E-state index contributed by atoms with van der Waals surface area (Å²) in [6, 6.07) is 8.14. The van der Waals surface area contributed by atoms with Gasteiger partial charge in [0.25, 0.3) is 0 Å². The normalized spacial score (nSPS) is 18.7. The lowest BCUT2D eigenvalue weighted by Crippen LogP contribution is -2.23. The molecule has 0 saturated carbocycles. The van der Waals surface area contributed by atoms with E-state index >= 15 is 0 Å². The molecule has 1 aromatic carbocycles. The maximum atomic E-state index is 5.76. The second-order valence-electron chi connectivity index (χ2n) is 6.00. The third kappa shape index (κ3) is 3.59. The van der Waals surface area contributed by atoms with Crippen molar-refractivity contribution in [3.8, 4) is 0 Å². The minimum atomic E-state index is 0.813. The van der Waals surface area contributed by atoms with Crippen molar-refractivity contribution in [1.29, 1.82) is 0 Å². The predicted octanol–water partition coefficient (Wildman–Crippen LogP) is 3.24. The first kappa shape index (κ1) is 15.7. The Kier molecular flexibility index (Phi) is 4.72. The summed E-state index contributed by atoms with van der Waals surface area (Å²) >= 11 is 0. The number of ether oxygens (including phenoxy) is 2. The van der Waals surface area contributed by atoms with Crippen LogP contribution in [0.15, 0.2) is 59.1 Å². The number of rotatable bonds is 4. The van der Waals surface area contributed by atoms with E-state index in [9.17, 15) is 0 Å². The third-order valence-electron chi connectivity index (χ3n) is 4.49. The minimum Gasteiger partial charge on any atom is -0.497 e. The summed E-state index contributed by atoms with van der Waals surface area (Å²) in [5, 5.41) is 0. The largest absolute Gasteiger partial charge is 0.497 e. The first-order valence-electron chi connectivity index (χ1n) is 7.97. The standard InChI is InChI=1S/C19H24N2O2/c1-22-18-11-15-7-9-21(10-8-16(15)12-19(18)23-2)13-14-3-5-17(20)6-4-14/h3-7,12H,8-11,13,20H2,1-2H3. The predicted molar refractivity (Wildman–Crippen MR) is 92.6 cm³/mol. The fourth-order valence-electron chi connectivity index (χ4n) is 3.12. The lowest BCUT2D eigenvalue weighted by Gasteiger charge is -2.21. The summed E-state index contributed by atoms with van der Waals surface area (Å²) < 4.78 is 10.9. The Bertz CT molecular complexity index is 656. The highest BCUT2D eigenvalue weighted by molar-refractivity contribution is 5.44. The number of nitrogens with zero attached hydrogens (tertiary/aromatic N) is 1. The molecule has 0 amide bonds. The number of fused-ring (bicyclic) bond motifs is 1. The number of nitrogens with two attached hydrogens (primary N) is 1. The van der Waals surface area contributed by atoms with Gasteiger partial charge in [-0.15, -0.1) is 0 Å². The SMILES string of the molecule is COC1=C(OC)CC2=CCN(Cc3ccc(N)cc3)CCC2=C1. The van der Waals surface area contributed by atoms with Gasteiger partial charge in [0.1, 0.15) is 5.76 Å². The maximum absolute atomic E-state index is 5.76. The molecule has 4 nitrogen and oxygen atoms in total.